The maximum atomic E-state index is 11.5. The Hall–Kier alpha value is -0.620. The van der Waals surface area contributed by atoms with E-state index in [4.69, 9.17) is 22.3 Å². The van der Waals surface area contributed by atoms with Crippen LogP contribution in [0.5, 0.6) is 0 Å². The predicted molar refractivity (Wildman–Crippen MR) is 69.8 cm³/mol. The second-order valence-electron chi connectivity index (χ2n) is 3.47. The molecule has 0 N–H and O–H groups in total. The van der Waals surface area contributed by atoms with Crippen LogP contribution in [0.25, 0.3) is 10.1 Å². The number of carbonyl (C=O) groups is 1. The van der Waals surface area contributed by atoms with Gasteiger partial charge in [-0.15, -0.1) is 11.3 Å². The van der Waals surface area contributed by atoms with Crippen LogP contribution in [0.2, 0.25) is 0 Å². The minimum absolute atomic E-state index is 0.0396. The van der Waals surface area contributed by atoms with Crippen LogP contribution in [0.3, 0.4) is 0 Å². The molecule has 0 aliphatic rings. The molecule has 1 aromatic carbocycles. The van der Waals surface area contributed by atoms with E-state index in [1.54, 1.807) is 18.2 Å². The summed E-state index contributed by atoms with van der Waals surface area (Å²) >= 11 is 6.40. The number of hydrogen-bond acceptors (Lipinski definition) is 4. The van der Waals surface area contributed by atoms with E-state index in [0.29, 0.717) is 10.1 Å². The maximum absolute atomic E-state index is 11.5. The highest BCUT2D eigenvalue weighted by Gasteiger charge is 2.25. The molecule has 7 heteroatoms. The molecule has 0 bridgehead atoms. The van der Waals surface area contributed by atoms with Gasteiger partial charge in [-0.25, -0.2) is 8.42 Å². The van der Waals surface area contributed by atoms with Gasteiger partial charge in [-0.3, -0.25) is 4.79 Å². The van der Waals surface area contributed by atoms with Gasteiger partial charge in [0, 0.05) is 20.8 Å². The Morgan fingerprint density at radius 2 is 2.00 bits per heavy atom. The second-order valence-corrected chi connectivity index (χ2v) is 7.37. The van der Waals surface area contributed by atoms with E-state index in [1.165, 1.54) is 0 Å². The van der Waals surface area contributed by atoms with Crippen molar-refractivity contribution in [1.82, 2.24) is 0 Å². The molecule has 0 atom stereocenters. The van der Waals surface area contributed by atoms with Crippen molar-refractivity contribution in [2.45, 2.75) is 11.8 Å². The van der Waals surface area contributed by atoms with Gasteiger partial charge in [0.2, 0.25) is 0 Å². The fourth-order valence-corrected chi connectivity index (χ4v) is 4.74. The van der Waals surface area contributed by atoms with Crippen molar-refractivity contribution in [3.05, 3.63) is 28.6 Å². The molecule has 0 amide bonds. The van der Waals surface area contributed by atoms with E-state index in [0.717, 1.165) is 16.9 Å². The summed E-state index contributed by atoms with van der Waals surface area (Å²) in [6.07, 6.45) is 0. The van der Waals surface area contributed by atoms with Crippen molar-refractivity contribution in [3.63, 3.8) is 0 Å². The van der Waals surface area contributed by atoms with Crippen molar-refractivity contribution < 1.29 is 13.2 Å². The zero-order valence-corrected chi connectivity index (χ0v) is 11.7. The Morgan fingerprint density at radius 1 is 1.35 bits per heavy atom. The highest BCUT2D eigenvalue weighted by molar-refractivity contribution is 8.14. The van der Waals surface area contributed by atoms with E-state index in [-0.39, 0.29) is 9.77 Å². The van der Waals surface area contributed by atoms with Gasteiger partial charge < -0.3 is 0 Å². The van der Waals surface area contributed by atoms with Gasteiger partial charge in [0.1, 0.15) is 9.77 Å². The summed E-state index contributed by atoms with van der Waals surface area (Å²) in [6, 6.07) is 5.16. The van der Waals surface area contributed by atoms with Crippen LogP contribution in [-0.2, 0) is 9.05 Å². The average Bonchev–Trinajstić information content (AvgIpc) is 2.55. The first-order chi connectivity index (χ1) is 7.80. The van der Waals surface area contributed by atoms with E-state index >= 15 is 0 Å². The first-order valence-corrected chi connectivity index (χ1v) is 7.98. The highest BCUT2D eigenvalue weighted by Crippen LogP contribution is 2.37. The van der Waals surface area contributed by atoms with Gasteiger partial charge in [0.25, 0.3) is 14.3 Å². The van der Waals surface area contributed by atoms with Crippen LogP contribution in [-0.4, -0.2) is 13.7 Å². The summed E-state index contributed by atoms with van der Waals surface area (Å²) in [6.45, 7) is 1.87. The second kappa shape index (κ2) is 4.24. The molecule has 1 aromatic heterocycles. The average molecular weight is 309 g/mol. The highest BCUT2D eigenvalue weighted by atomic mass is 35.7. The van der Waals surface area contributed by atoms with Gasteiger partial charge >= 0.3 is 0 Å². The molecular formula is C10H6Cl2O3S2. The Balaban J connectivity index is 2.96. The fraction of sp³-hybridized carbons (Fsp3) is 0.100. The molecule has 0 aliphatic carbocycles. The van der Waals surface area contributed by atoms with Crippen molar-refractivity contribution in [1.29, 1.82) is 0 Å². The number of carbonyl (C=O) groups excluding carboxylic acids is 1. The summed E-state index contributed by atoms with van der Waals surface area (Å²) in [7, 11) is 1.34. The number of rotatable bonds is 2. The Labute approximate surface area is 111 Å². The van der Waals surface area contributed by atoms with Crippen LogP contribution >= 0.6 is 33.6 Å². The SMILES string of the molecule is Cc1ccc2c(S(=O)(=O)Cl)c(C(=O)Cl)sc2c1. The number of thiophene rings is 1. The first kappa shape index (κ1) is 12.8. The Morgan fingerprint density at radius 3 is 2.53 bits per heavy atom. The van der Waals surface area contributed by atoms with Crippen LogP contribution < -0.4 is 0 Å². The molecule has 17 heavy (non-hydrogen) atoms. The third kappa shape index (κ3) is 2.33. The van der Waals surface area contributed by atoms with Gasteiger partial charge in [0.05, 0.1) is 0 Å². The number of hydrogen-bond donors (Lipinski definition) is 0. The summed E-state index contributed by atoms with van der Waals surface area (Å²) in [5.41, 5.74) is 0.964. The molecule has 2 aromatic rings. The molecule has 0 radical (unpaired) electrons. The number of halogens is 2. The van der Waals surface area contributed by atoms with E-state index in [9.17, 15) is 13.2 Å². The number of benzene rings is 1. The summed E-state index contributed by atoms with van der Waals surface area (Å²) in [5, 5.41) is -0.386. The zero-order chi connectivity index (χ0) is 12.8. The lowest BCUT2D eigenvalue weighted by molar-refractivity contribution is 0.108. The molecule has 3 nitrogen and oxygen atoms in total. The molecule has 0 spiro atoms. The third-order valence-corrected chi connectivity index (χ3v) is 5.18. The lowest BCUT2D eigenvalue weighted by atomic mass is 10.2. The molecule has 1 heterocycles. The van der Waals surface area contributed by atoms with Crippen LogP contribution in [0.4, 0.5) is 0 Å². The summed E-state index contributed by atoms with van der Waals surface area (Å²) < 4.78 is 23.6. The lowest BCUT2D eigenvalue weighted by Crippen LogP contribution is -1.96. The Bertz CT molecular complexity index is 716. The van der Waals surface area contributed by atoms with Gasteiger partial charge in [-0.2, -0.15) is 0 Å². The number of fused-ring (bicyclic) bond motifs is 1. The monoisotopic (exact) mass is 308 g/mol. The van der Waals surface area contributed by atoms with Crippen LogP contribution in [0, 0.1) is 6.92 Å². The maximum Gasteiger partial charge on any atom is 0.263 e. The van der Waals surface area contributed by atoms with E-state index < -0.39 is 14.3 Å². The van der Waals surface area contributed by atoms with Gasteiger partial charge in [0.15, 0.2) is 0 Å². The van der Waals surface area contributed by atoms with Crippen molar-refractivity contribution in [2.24, 2.45) is 0 Å². The fourth-order valence-electron chi connectivity index (χ4n) is 1.55. The third-order valence-electron chi connectivity index (χ3n) is 2.22. The summed E-state index contributed by atoms with van der Waals surface area (Å²) in [4.78, 5) is 11.0. The van der Waals surface area contributed by atoms with E-state index in [2.05, 4.69) is 0 Å². The standard InChI is InChI=1S/C10H6Cl2O3S2/c1-5-2-3-6-7(4-5)16-8(10(11)13)9(6)17(12,14)15/h2-4H,1H3. The normalized spacial score (nSPS) is 11.9. The molecule has 0 fully saturated rings. The lowest BCUT2D eigenvalue weighted by Gasteiger charge is -1.96. The molecule has 90 valence electrons. The molecule has 2 rings (SSSR count). The smallest absolute Gasteiger partial charge is 0.263 e. The van der Waals surface area contributed by atoms with Crippen molar-refractivity contribution >= 4 is 58.0 Å². The predicted octanol–water partition coefficient (Wildman–Crippen LogP) is 3.52. The van der Waals surface area contributed by atoms with E-state index in [1.807, 2.05) is 6.92 Å². The minimum atomic E-state index is -4.00. The van der Waals surface area contributed by atoms with Crippen LogP contribution in [0.1, 0.15) is 15.2 Å². The molecule has 0 saturated heterocycles. The topological polar surface area (TPSA) is 51.2 Å². The molecule has 0 saturated carbocycles. The minimum Gasteiger partial charge on any atom is -0.275 e. The molecule has 0 unspecified atom stereocenters. The van der Waals surface area contributed by atoms with Crippen molar-refractivity contribution in [3.8, 4) is 0 Å². The quantitative estimate of drug-likeness (QED) is 0.798. The summed E-state index contributed by atoms with van der Waals surface area (Å²) in [5.74, 6) is 0. The first-order valence-electron chi connectivity index (χ1n) is 4.48. The largest absolute Gasteiger partial charge is 0.275 e. The molecular weight excluding hydrogens is 303 g/mol. The van der Waals surface area contributed by atoms with Gasteiger partial charge in [-0.1, -0.05) is 12.1 Å². The zero-order valence-electron chi connectivity index (χ0n) is 8.53. The van der Waals surface area contributed by atoms with Crippen LogP contribution in [0.15, 0.2) is 23.1 Å². The van der Waals surface area contributed by atoms with Gasteiger partial charge in [-0.05, 0) is 30.2 Å². The number of aryl methyl sites for hydroxylation is 1. The van der Waals surface area contributed by atoms with Crippen molar-refractivity contribution in [2.75, 3.05) is 0 Å². The molecule has 0 aliphatic heterocycles. The Kier molecular flexibility index (Phi) is 3.20.